The maximum atomic E-state index is 13.6. The SMILES string of the molecule is CCOc1cc(C=Nn2c(-c3cc4c(OC)cccc4o3)nc3ccccc3c2=O)cc(I)c1OC(C)C. The molecule has 194 valence electrons. The van der Waals surface area contributed by atoms with Crippen LogP contribution in [0.1, 0.15) is 26.3 Å². The van der Waals surface area contributed by atoms with Crippen molar-refractivity contribution in [3.63, 3.8) is 0 Å². The molecule has 0 bridgehead atoms. The summed E-state index contributed by atoms with van der Waals surface area (Å²) in [7, 11) is 1.60. The van der Waals surface area contributed by atoms with Crippen molar-refractivity contribution in [3.05, 3.63) is 80.2 Å². The lowest BCUT2D eigenvalue weighted by Gasteiger charge is -2.16. The number of hydrogen-bond acceptors (Lipinski definition) is 7. The van der Waals surface area contributed by atoms with E-state index < -0.39 is 0 Å². The van der Waals surface area contributed by atoms with E-state index in [4.69, 9.17) is 23.6 Å². The maximum absolute atomic E-state index is 13.6. The van der Waals surface area contributed by atoms with Gasteiger partial charge >= 0.3 is 0 Å². The fourth-order valence-corrected chi connectivity index (χ4v) is 4.87. The molecule has 2 heterocycles. The van der Waals surface area contributed by atoms with Crippen molar-refractivity contribution in [2.75, 3.05) is 13.7 Å². The number of fused-ring (bicyclic) bond motifs is 2. The molecule has 2 aromatic heterocycles. The lowest BCUT2D eigenvalue weighted by Crippen LogP contribution is -2.20. The van der Waals surface area contributed by atoms with Gasteiger partial charge in [-0.3, -0.25) is 4.79 Å². The molecule has 3 aromatic carbocycles. The van der Waals surface area contributed by atoms with Crippen molar-refractivity contribution in [1.29, 1.82) is 0 Å². The Kier molecular flexibility index (Phi) is 7.37. The quantitative estimate of drug-likeness (QED) is 0.145. The van der Waals surface area contributed by atoms with Gasteiger partial charge in [0.25, 0.3) is 5.56 Å². The Bertz CT molecular complexity index is 1720. The third-order valence-corrected chi connectivity index (χ3v) is 6.52. The van der Waals surface area contributed by atoms with Crippen LogP contribution in [0.4, 0.5) is 0 Å². The molecule has 0 unspecified atom stereocenters. The molecule has 0 aliphatic rings. The molecule has 0 spiro atoms. The van der Waals surface area contributed by atoms with Crippen molar-refractivity contribution in [1.82, 2.24) is 9.66 Å². The smallest absolute Gasteiger partial charge is 0.282 e. The Morgan fingerprint density at radius 2 is 1.89 bits per heavy atom. The predicted octanol–water partition coefficient (Wildman–Crippen LogP) is 6.49. The summed E-state index contributed by atoms with van der Waals surface area (Å²) in [6.07, 6.45) is 1.60. The number of halogens is 1. The van der Waals surface area contributed by atoms with E-state index in [1.807, 2.05) is 63.2 Å². The van der Waals surface area contributed by atoms with Gasteiger partial charge in [0.1, 0.15) is 11.3 Å². The second kappa shape index (κ2) is 10.9. The van der Waals surface area contributed by atoms with E-state index in [0.29, 0.717) is 46.1 Å². The second-order valence-electron chi connectivity index (χ2n) is 8.73. The Morgan fingerprint density at radius 3 is 2.66 bits per heavy atom. The zero-order chi connectivity index (χ0) is 26.8. The first kappa shape index (κ1) is 25.8. The van der Waals surface area contributed by atoms with Crippen LogP contribution in [0.3, 0.4) is 0 Å². The van der Waals surface area contributed by atoms with Crippen LogP contribution in [-0.2, 0) is 0 Å². The van der Waals surface area contributed by atoms with Crippen molar-refractivity contribution >= 4 is 50.7 Å². The lowest BCUT2D eigenvalue weighted by molar-refractivity contribution is 0.222. The molecule has 0 radical (unpaired) electrons. The normalized spacial score (nSPS) is 11.6. The summed E-state index contributed by atoms with van der Waals surface area (Å²) in [6.45, 7) is 6.34. The van der Waals surface area contributed by atoms with E-state index in [-0.39, 0.29) is 17.5 Å². The van der Waals surface area contributed by atoms with Crippen LogP contribution < -0.4 is 19.8 Å². The van der Waals surface area contributed by atoms with Crippen molar-refractivity contribution < 1.29 is 18.6 Å². The molecule has 0 saturated carbocycles. The number of nitrogens with zero attached hydrogens (tertiary/aromatic N) is 3. The molecule has 0 fully saturated rings. The van der Waals surface area contributed by atoms with E-state index >= 15 is 0 Å². The molecule has 5 aromatic rings. The lowest BCUT2D eigenvalue weighted by atomic mass is 10.2. The number of furan rings is 1. The van der Waals surface area contributed by atoms with Crippen LogP contribution in [0, 0.1) is 3.57 Å². The van der Waals surface area contributed by atoms with Gasteiger partial charge in [0.2, 0.25) is 5.82 Å². The average Bonchev–Trinajstić information content (AvgIpc) is 3.34. The summed E-state index contributed by atoms with van der Waals surface area (Å²) in [5.41, 5.74) is 1.60. The van der Waals surface area contributed by atoms with Gasteiger partial charge in [0, 0.05) is 0 Å². The molecule has 8 nitrogen and oxygen atoms in total. The first-order valence-corrected chi connectivity index (χ1v) is 13.2. The number of para-hydroxylation sites is 1. The standard InChI is InChI=1S/C29H26IN3O5/c1-5-36-25-14-18(13-21(30)27(25)37-17(2)3)16-31-33-28(32-22-10-7-6-9-19(22)29(33)34)26-15-20-23(35-4)11-8-12-24(20)38-26/h6-17H,5H2,1-4H3. The van der Waals surface area contributed by atoms with Gasteiger partial charge in [-0.1, -0.05) is 18.2 Å². The van der Waals surface area contributed by atoms with Crippen molar-refractivity contribution in [2.24, 2.45) is 5.10 Å². The molecule has 5 rings (SSSR count). The van der Waals surface area contributed by atoms with Gasteiger partial charge in [0.15, 0.2) is 17.3 Å². The minimum Gasteiger partial charge on any atom is -0.496 e. The molecule has 38 heavy (non-hydrogen) atoms. The highest BCUT2D eigenvalue weighted by Gasteiger charge is 2.18. The van der Waals surface area contributed by atoms with Gasteiger partial charge in [0.05, 0.1) is 45.9 Å². The number of ether oxygens (including phenoxy) is 3. The third kappa shape index (κ3) is 4.98. The number of hydrogen-bond donors (Lipinski definition) is 0. The topological polar surface area (TPSA) is 88.1 Å². The van der Waals surface area contributed by atoms with Gasteiger partial charge in [-0.05, 0) is 91.4 Å². The molecule has 0 atom stereocenters. The van der Waals surface area contributed by atoms with Crippen LogP contribution in [0.25, 0.3) is 33.5 Å². The van der Waals surface area contributed by atoms with E-state index in [1.54, 1.807) is 31.5 Å². The summed E-state index contributed by atoms with van der Waals surface area (Å²) >= 11 is 2.21. The fraction of sp³-hybridized carbons (Fsp3) is 0.207. The van der Waals surface area contributed by atoms with Crippen LogP contribution in [0.15, 0.2) is 75.0 Å². The van der Waals surface area contributed by atoms with Crippen LogP contribution >= 0.6 is 22.6 Å². The van der Waals surface area contributed by atoms with Gasteiger partial charge in [-0.25, -0.2) is 4.98 Å². The van der Waals surface area contributed by atoms with Crippen molar-refractivity contribution in [2.45, 2.75) is 26.9 Å². The highest BCUT2D eigenvalue weighted by Crippen LogP contribution is 2.35. The molecule has 0 amide bonds. The summed E-state index contributed by atoms with van der Waals surface area (Å²) in [5.74, 6) is 2.64. The fourth-order valence-electron chi connectivity index (χ4n) is 4.11. The van der Waals surface area contributed by atoms with Gasteiger partial charge < -0.3 is 18.6 Å². The number of benzene rings is 3. The number of aromatic nitrogens is 2. The van der Waals surface area contributed by atoms with Crippen molar-refractivity contribution in [3.8, 4) is 28.8 Å². The highest BCUT2D eigenvalue weighted by atomic mass is 127. The zero-order valence-corrected chi connectivity index (χ0v) is 23.6. The monoisotopic (exact) mass is 623 g/mol. The predicted molar refractivity (Wildman–Crippen MR) is 157 cm³/mol. The Morgan fingerprint density at radius 1 is 1.08 bits per heavy atom. The van der Waals surface area contributed by atoms with Crippen LogP contribution in [0.2, 0.25) is 0 Å². The Labute approximate surface area is 233 Å². The average molecular weight is 623 g/mol. The van der Waals surface area contributed by atoms with Crippen LogP contribution in [-0.4, -0.2) is 35.7 Å². The summed E-state index contributed by atoms with van der Waals surface area (Å²) in [6, 6.07) is 18.3. The Hall–Kier alpha value is -3.86. The molecule has 0 aliphatic carbocycles. The summed E-state index contributed by atoms with van der Waals surface area (Å²) < 4.78 is 25.5. The van der Waals surface area contributed by atoms with Gasteiger partial charge in [-0.2, -0.15) is 9.78 Å². The highest BCUT2D eigenvalue weighted by molar-refractivity contribution is 14.1. The van der Waals surface area contributed by atoms with Crippen LogP contribution in [0.5, 0.6) is 17.2 Å². The zero-order valence-electron chi connectivity index (χ0n) is 21.4. The third-order valence-electron chi connectivity index (χ3n) is 5.72. The number of rotatable bonds is 8. The largest absolute Gasteiger partial charge is 0.496 e. The van der Waals surface area contributed by atoms with E-state index in [9.17, 15) is 4.79 Å². The summed E-state index contributed by atoms with van der Waals surface area (Å²) in [5, 5.41) is 5.80. The second-order valence-corrected chi connectivity index (χ2v) is 9.89. The minimum atomic E-state index is -0.311. The first-order chi connectivity index (χ1) is 18.4. The molecule has 0 saturated heterocycles. The van der Waals surface area contributed by atoms with Gasteiger partial charge in [-0.15, -0.1) is 0 Å². The summed E-state index contributed by atoms with van der Waals surface area (Å²) in [4.78, 5) is 18.3. The maximum Gasteiger partial charge on any atom is 0.282 e. The molecular weight excluding hydrogens is 597 g/mol. The number of methoxy groups -OCH3 is 1. The molecule has 9 heteroatoms. The molecule has 0 N–H and O–H groups in total. The molecular formula is C29H26IN3O5. The molecule has 0 aliphatic heterocycles. The van der Waals surface area contributed by atoms with E-state index in [0.717, 1.165) is 14.5 Å². The minimum absolute atomic E-state index is 0.00511. The van der Waals surface area contributed by atoms with E-state index in [2.05, 4.69) is 27.7 Å². The first-order valence-electron chi connectivity index (χ1n) is 12.2. The van der Waals surface area contributed by atoms with E-state index in [1.165, 1.54) is 4.68 Å². The Balaban J connectivity index is 1.67.